The van der Waals surface area contributed by atoms with Gasteiger partial charge in [-0.1, -0.05) is 72.8 Å². The molecule has 0 amide bonds. The number of nitrogens with zero attached hydrogens (tertiary/aromatic N) is 18. The average molecular weight is 1760 g/mol. The maximum absolute atomic E-state index is 7.06. The van der Waals surface area contributed by atoms with Gasteiger partial charge in [0.2, 0.25) is 0 Å². The second-order valence-electron chi connectivity index (χ2n) is 33.2. The van der Waals surface area contributed by atoms with Crippen LogP contribution in [0.5, 0.6) is 0 Å². The molecule has 0 aliphatic heterocycles. The minimum absolute atomic E-state index is 0.476. The first-order chi connectivity index (χ1) is 65.3. The Morgan fingerprint density at radius 2 is 0.538 bits per heavy atom. The number of benzene rings is 12. The molecule has 30 aromatic rings. The van der Waals surface area contributed by atoms with E-state index in [4.69, 9.17) is 83.6 Å². The van der Waals surface area contributed by atoms with E-state index in [2.05, 4.69) is 167 Å². The summed E-state index contributed by atoms with van der Waals surface area (Å²) in [5.74, 6) is 3.14. The molecule has 0 atom stereocenters. The number of thiophene rings is 4. The van der Waals surface area contributed by atoms with Crippen molar-refractivity contribution in [1.82, 2.24) is 89.7 Å². The van der Waals surface area contributed by atoms with E-state index >= 15 is 0 Å². The zero-order chi connectivity index (χ0) is 85.8. The van der Waals surface area contributed by atoms with E-state index in [-0.39, 0.29) is 0 Å². The Labute approximate surface area is 756 Å². The molecule has 0 unspecified atom stereocenters. The summed E-state index contributed by atoms with van der Waals surface area (Å²) >= 11 is 6.74. The number of hydrogen-bond donors (Lipinski definition) is 0. The minimum atomic E-state index is 0.476. The molecule has 608 valence electrons. The summed E-state index contributed by atoms with van der Waals surface area (Å²) in [6.07, 6.45) is 26.5. The Kier molecular flexibility index (Phi) is 14.8. The molecular formula is C108H50N18O2S4. The van der Waals surface area contributed by atoms with Gasteiger partial charge in [0.05, 0.1) is 9.40 Å². The number of hydrogen-bond acceptors (Lipinski definition) is 24. The van der Waals surface area contributed by atoms with Gasteiger partial charge in [-0.2, -0.15) is 0 Å². The molecule has 18 heterocycles. The van der Waals surface area contributed by atoms with Crippen LogP contribution in [0.1, 0.15) is 0 Å². The lowest BCUT2D eigenvalue weighted by Crippen LogP contribution is -1.98. The van der Waals surface area contributed by atoms with Crippen LogP contribution in [0.25, 0.3) is 313 Å². The number of pyridine rings is 6. The first kappa shape index (κ1) is 71.9. The van der Waals surface area contributed by atoms with Crippen LogP contribution in [-0.2, 0) is 0 Å². The standard InChI is InChI=1S/C108H50N18O2S4/c1-3-13-59-57(11-1)77-43-115-101(51-21-23-83-75(34-51)89-84(127-83)19-9-27-111-89)121-91(77)93-79(59)45-117-103(123-93)53-35-68(97-76(42-53)90-85(128-97)20-10-28-112-90)72-39-55(37-70-65-17-7-29-113-107(65)131-99(70)72)105-119-47-81-61-15-5-6-16-62(61)82-48-120-106(126-96(82)95(81)125-105)56-38-71-66-18-8-30-114-108(66)132-100(71)74(41-56)73-40-54(36-69-64-26-32-110-50-88(64)130-98(69)73)104-118-46-80-60-14-4-2-12-58(60)78-44-116-102(122-92(78)94(80)124-104)52-22-24-86-67(33-52)63-25-31-109-49-87(63)129-86/h1-50H. The Morgan fingerprint density at radius 1 is 0.189 bits per heavy atom. The van der Waals surface area contributed by atoms with Crippen LogP contribution in [-0.4, -0.2) is 89.7 Å². The number of rotatable bonds is 8. The zero-order valence-corrected chi connectivity index (χ0v) is 71.6. The minimum Gasteiger partial charge on any atom is -0.454 e. The van der Waals surface area contributed by atoms with E-state index in [1.54, 1.807) is 57.7 Å². The van der Waals surface area contributed by atoms with Gasteiger partial charge in [0.25, 0.3) is 0 Å². The van der Waals surface area contributed by atoms with Crippen molar-refractivity contribution in [3.05, 3.63) is 305 Å². The van der Waals surface area contributed by atoms with Crippen LogP contribution < -0.4 is 0 Å². The SMILES string of the molecule is c1cnc2c(c1)oc1ccc(-c3ncc4c5ccccc5c5cnc(-c6cc(-c7cc(-c8ncc9c%10ccccc%10c%10cnc(-c%11cc(-c%12cc(-c%13ncc%14c%15ccccc%15c%15cnc(-c%16ccc%17sc%18cnccc%18c%17c%16)nc%15c%14n%13)cc%13c%12sc%12cnccc%12%13)c%12sc%13ncccc%13c%12c%11)nc%10c9n8)cc8c7sc7ncccc78)c7oc8cccnc8c7c6)nc5c4n3)cc12. The quantitative estimate of drug-likeness (QED) is 0.128. The normalized spacial score (nSPS) is 12.4. The van der Waals surface area contributed by atoms with E-state index in [0.29, 0.717) is 79.3 Å². The molecule has 0 bridgehead atoms. The van der Waals surface area contributed by atoms with Gasteiger partial charge >= 0.3 is 0 Å². The number of furan rings is 2. The van der Waals surface area contributed by atoms with E-state index in [1.807, 2.05) is 141 Å². The van der Waals surface area contributed by atoms with Gasteiger partial charge in [0, 0.05) is 247 Å². The van der Waals surface area contributed by atoms with Crippen LogP contribution in [0, 0.1) is 0 Å². The molecule has 0 spiro atoms. The summed E-state index contributed by atoms with van der Waals surface area (Å²) in [6, 6.07) is 75.2. The molecule has 0 radical (unpaired) electrons. The van der Waals surface area contributed by atoms with Crippen molar-refractivity contribution in [2.45, 2.75) is 0 Å². The molecule has 0 fully saturated rings. The van der Waals surface area contributed by atoms with E-state index in [1.165, 1.54) is 4.70 Å². The lowest BCUT2D eigenvalue weighted by molar-refractivity contribution is 0.668. The third kappa shape index (κ3) is 10.5. The fourth-order valence-electron chi connectivity index (χ4n) is 19.9. The molecule has 12 aromatic carbocycles. The Morgan fingerprint density at radius 3 is 1.01 bits per heavy atom. The van der Waals surface area contributed by atoms with Crippen molar-refractivity contribution in [2.75, 3.05) is 0 Å². The predicted molar refractivity (Wildman–Crippen MR) is 534 cm³/mol. The second-order valence-corrected chi connectivity index (χ2v) is 37.3. The third-order valence-electron chi connectivity index (χ3n) is 26.0. The van der Waals surface area contributed by atoms with E-state index in [9.17, 15) is 0 Å². The summed E-state index contributed by atoms with van der Waals surface area (Å²) in [6.45, 7) is 0. The van der Waals surface area contributed by atoms with Gasteiger partial charge in [-0.25, -0.2) is 69.8 Å². The monoisotopic (exact) mass is 1760 g/mol. The van der Waals surface area contributed by atoms with Crippen LogP contribution in [0.4, 0.5) is 0 Å². The highest BCUT2D eigenvalue weighted by atomic mass is 32.1. The van der Waals surface area contributed by atoms with Gasteiger partial charge in [0.1, 0.15) is 65.0 Å². The van der Waals surface area contributed by atoms with Crippen LogP contribution in [0.2, 0.25) is 0 Å². The zero-order valence-electron chi connectivity index (χ0n) is 68.4. The Bertz CT molecular complexity index is 9900. The lowest BCUT2D eigenvalue weighted by Gasteiger charge is -2.14. The van der Waals surface area contributed by atoms with Crippen LogP contribution in [0.15, 0.2) is 314 Å². The van der Waals surface area contributed by atoms with Gasteiger partial charge < -0.3 is 8.83 Å². The summed E-state index contributed by atoms with van der Waals surface area (Å²) in [5, 5.41) is 21.1. The molecule has 20 nitrogen and oxygen atoms in total. The van der Waals surface area contributed by atoms with Crippen molar-refractivity contribution >= 4 is 268 Å². The van der Waals surface area contributed by atoms with Crippen molar-refractivity contribution in [3.8, 4) is 90.6 Å². The molecular weight excluding hydrogens is 1710 g/mol. The van der Waals surface area contributed by atoms with Gasteiger partial charge in [0.15, 0.2) is 46.1 Å². The molecule has 0 aliphatic rings. The van der Waals surface area contributed by atoms with E-state index < -0.39 is 0 Å². The van der Waals surface area contributed by atoms with Crippen LogP contribution in [0.3, 0.4) is 0 Å². The third-order valence-corrected chi connectivity index (χ3v) is 30.6. The first-order valence-electron chi connectivity index (χ1n) is 42.7. The highest BCUT2D eigenvalue weighted by Crippen LogP contribution is 2.52. The molecule has 30 rings (SSSR count). The fraction of sp³-hybridized carbons (Fsp3) is 0. The molecule has 18 aromatic heterocycles. The molecule has 0 saturated carbocycles. The molecule has 0 saturated heterocycles. The summed E-state index contributed by atoms with van der Waals surface area (Å²) in [7, 11) is 0. The molecule has 0 aliphatic carbocycles. The maximum atomic E-state index is 7.06. The largest absolute Gasteiger partial charge is 0.454 e. The molecule has 0 N–H and O–H groups in total. The molecule has 132 heavy (non-hydrogen) atoms. The summed E-state index contributed by atoms with van der Waals surface area (Å²) in [4.78, 5) is 95.8. The van der Waals surface area contributed by atoms with Gasteiger partial charge in [-0.05, 0) is 178 Å². The van der Waals surface area contributed by atoms with Crippen molar-refractivity contribution in [2.24, 2.45) is 0 Å². The number of fused-ring (bicyclic) bond motifs is 36. The maximum Gasteiger partial charge on any atom is 0.159 e. The summed E-state index contributed by atoms with van der Waals surface area (Å²) in [5.41, 5.74) is 16.7. The lowest BCUT2D eigenvalue weighted by atomic mass is 9.95. The highest BCUT2D eigenvalue weighted by molar-refractivity contribution is 7.27. The fourth-order valence-corrected chi connectivity index (χ4v) is 24.5. The van der Waals surface area contributed by atoms with E-state index in [0.717, 1.165) is 229 Å². The molecule has 24 heteroatoms. The predicted octanol–water partition coefficient (Wildman–Crippen LogP) is 27.8. The Hall–Kier alpha value is -17.2. The topological polar surface area (TPSA) is 258 Å². The second kappa shape index (κ2) is 27.2. The van der Waals surface area contributed by atoms with Gasteiger partial charge in [-0.3, -0.25) is 19.9 Å². The Balaban J connectivity index is 0.596. The van der Waals surface area contributed by atoms with Crippen molar-refractivity contribution < 1.29 is 8.83 Å². The van der Waals surface area contributed by atoms with Gasteiger partial charge in [-0.15, -0.1) is 45.3 Å². The average Bonchev–Trinajstić information content (AvgIpc) is 0.780. The highest BCUT2D eigenvalue weighted by Gasteiger charge is 2.29. The summed E-state index contributed by atoms with van der Waals surface area (Å²) < 4.78 is 19.7. The van der Waals surface area contributed by atoms with Crippen molar-refractivity contribution in [1.29, 1.82) is 0 Å². The van der Waals surface area contributed by atoms with Crippen LogP contribution >= 0.6 is 45.3 Å². The first-order valence-corrected chi connectivity index (χ1v) is 46.0. The smallest absolute Gasteiger partial charge is 0.159 e. The van der Waals surface area contributed by atoms with Crippen molar-refractivity contribution in [3.63, 3.8) is 0 Å². The number of aromatic nitrogens is 18.